The first-order chi connectivity index (χ1) is 14.6. The number of aromatic nitrogens is 4. The van der Waals surface area contributed by atoms with Gasteiger partial charge < -0.3 is 10.2 Å². The van der Waals surface area contributed by atoms with Crippen LogP contribution in [0.3, 0.4) is 0 Å². The van der Waals surface area contributed by atoms with Crippen LogP contribution in [0.4, 0.5) is 11.6 Å². The van der Waals surface area contributed by atoms with Crippen molar-refractivity contribution in [3.05, 3.63) is 46.4 Å². The Balaban J connectivity index is 1.81. The van der Waals surface area contributed by atoms with Crippen LogP contribution in [-0.2, 0) is 13.1 Å². The molecular weight excluding hydrogens is 386 g/mol. The molecule has 0 saturated carbocycles. The van der Waals surface area contributed by atoms with Crippen LogP contribution in [0.15, 0.2) is 35.3 Å². The molecule has 1 saturated heterocycles. The molecule has 10 nitrogen and oxygen atoms in total. The van der Waals surface area contributed by atoms with Crippen molar-refractivity contribution in [1.82, 2.24) is 24.6 Å². The molecule has 30 heavy (non-hydrogen) atoms. The number of nitrogens with zero attached hydrogens (tertiary/aromatic N) is 6. The standard InChI is InChI=1S/C20H23N7O3/c1-2-3-10-25-18-16(23-20(25)24-11-8-21-9-12-24)13-22-26(19(18)28)14-15-6-4-5-7-17(15)27(29)30/h4-7,13,21,29-30H,8-12,14H2,1H3. The number of rotatable bonds is 5. The summed E-state index contributed by atoms with van der Waals surface area (Å²) in [5.74, 6) is 6.62. The van der Waals surface area contributed by atoms with Crippen molar-refractivity contribution >= 4 is 22.7 Å². The molecule has 0 amide bonds. The van der Waals surface area contributed by atoms with E-state index in [4.69, 9.17) is 0 Å². The number of hydrogen-bond donors (Lipinski definition) is 3. The van der Waals surface area contributed by atoms with Gasteiger partial charge in [0.1, 0.15) is 11.0 Å². The van der Waals surface area contributed by atoms with Gasteiger partial charge in [-0.2, -0.15) is 5.10 Å². The number of fused-ring (bicyclic) bond motifs is 1. The lowest BCUT2D eigenvalue weighted by atomic mass is 10.2. The van der Waals surface area contributed by atoms with Gasteiger partial charge in [-0.1, -0.05) is 24.1 Å². The first-order valence-corrected chi connectivity index (χ1v) is 9.67. The van der Waals surface area contributed by atoms with Crippen LogP contribution >= 0.6 is 0 Å². The second-order valence-electron chi connectivity index (χ2n) is 6.92. The van der Waals surface area contributed by atoms with Crippen LogP contribution in [-0.4, -0.2) is 55.9 Å². The highest BCUT2D eigenvalue weighted by Crippen LogP contribution is 2.21. The van der Waals surface area contributed by atoms with E-state index in [2.05, 4.69) is 32.1 Å². The van der Waals surface area contributed by atoms with Crippen LogP contribution in [0, 0.1) is 11.8 Å². The Morgan fingerprint density at radius 3 is 2.73 bits per heavy atom. The van der Waals surface area contributed by atoms with Crippen molar-refractivity contribution in [2.24, 2.45) is 0 Å². The van der Waals surface area contributed by atoms with Gasteiger partial charge in [-0.3, -0.25) is 19.8 Å². The third-order valence-electron chi connectivity index (χ3n) is 5.07. The second kappa shape index (κ2) is 8.54. The fraction of sp³-hybridized carbons (Fsp3) is 0.350. The summed E-state index contributed by atoms with van der Waals surface area (Å²) in [6.07, 6.45) is 1.57. The molecule has 3 N–H and O–H groups in total. The van der Waals surface area contributed by atoms with E-state index in [1.807, 2.05) is 4.57 Å². The normalized spacial score (nSPS) is 13.9. The average Bonchev–Trinajstić information content (AvgIpc) is 3.14. The van der Waals surface area contributed by atoms with Crippen LogP contribution in [0.5, 0.6) is 0 Å². The van der Waals surface area contributed by atoms with Gasteiger partial charge in [0.05, 0.1) is 25.0 Å². The van der Waals surface area contributed by atoms with Gasteiger partial charge in [0.15, 0.2) is 0 Å². The van der Waals surface area contributed by atoms with Crippen molar-refractivity contribution < 1.29 is 10.4 Å². The van der Waals surface area contributed by atoms with Crippen molar-refractivity contribution in [1.29, 1.82) is 0 Å². The van der Waals surface area contributed by atoms with E-state index in [-0.39, 0.29) is 23.0 Å². The smallest absolute Gasteiger partial charge is 0.293 e. The number of nitrogens with one attached hydrogen (secondary N) is 1. The van der Waals surface area contributed by atoms with E-state index in [0.717, 1.165) is 26.2 Å². The van der Waals surface area contributed by atoms with Crippen LogP contribution in [0.1, 0.15) is 12.5 Å². The number of piperazine rings is 1. The van der Waals surface area contributed by atoms with Crippen molar-refractivity contribution in [3.8, 4) is 11.8 Å². The monoisotopic (exact) mass is 409 g/mol. The zero-order valence-electron chi connectivity index (χ0n) is 16.6. The van der Waals surface area contributed by atoms with E-state index >= 15 is 0 Å². The van der Waals surface area contributed by atoms with Gasteiger partial charge in [-0.05, 0) is 13.0 Å². The highest BCUT2D eigenvalue weighted by atomic mass is 16.8. The molecule has 0 aliphatic carbocycles. The van der Waals surface area contributed by atoms with Crippen molar-refractivity contribution in [2.75, 3.05) is 36.3 Å². The fourth-order valence-corrected chi connectivity index (χ4v) is 3.60. The SMILES string of the molecule is CC#CCn1c(N2CCNCC2)nc2cnn(Cc3ccccc3N(O)O)c(=O)c21. The Kier molecular flexibility index (Phi) is 5.67. The van der Waals surface area contributed by atoms with Gasteiger partial charge >= 0.3 is 0 Å². The van der Waals surface area contributed by atoms with Crippen LogP contribution in [0.2, 0.25) is 0 Å². The van der Waals surface area contributed by atoms with E-state index in [1.165, 1.54) is 4.68 Å². The molecule has 1 aromatic carbocycles. The molecule has 10 heteroatoms. The molecule has 3 heterocycles. The first kappa shape index (κ1) is 19.9. The molecule has 0 atom stereocenters. The third kappa shape index (κ3) is 3.73. The minimum Gasteiger partial charge on any atom is -0.340 e. The third-order valence-corrected chi connectivity index (χ3v) is 5.07. The predicted molar refractivity (Wildman–Crippen MR) is 112 cm³/mol. The van der Waals surface area contributed by atoms with Gasteiger partial charge in [0, 0.05) is 31.7 Å². The average molecular weight is 409 g/mol. The molecule has 1 aliphatic rings. The summed E-state index contributed by atoms with van der Waals surface area (Å²) in [5.41, 5.74) is 1.36. The van der Waals surface area contributed by atoms with Crippen LogP contribution in [0.25, 0.3) is 11.0 Å². The first-order valence-electron chi connectivity index (χ1n) is 9.67. The molecule has 3 aromatic rings. The van der Waals surface area contributed by atoms with E-state index in [9.17, 15) is 15.2 Å². The number of para-hydroxylation sites is 1. The highest BCUT2D eigenvalue weighted by Gasteiger charge is 2.22. The molecule has 2 aromatic heterocycles. The maximum Gasteiger partial charge on any atom is 0.293 e. The fourth-order valence-electron chi connectivity index (χ4n) is 3.60. The summed E-state index contributed by atoms with van der Waals surface area (Å²) in [5, 5.41) is 26.5. The van der Waals surface area contributed by atoms with Gasteiger partial charge in [-0.25, -0.2) is 9.67 Å². The zero-order valence-corrected chi connectivity index (χ0v) is 16.6. The lowest BCUT2D eigenvalue weighted by Crippen LogP contribution is -2.44. The summed E-state index contributed by atoms with van der Waals surface area (Å²) in [7, 11) is 0. The molecule has 1 aliphatic heterocycles. The maximum absolute atomic E-state index is 13.3. The molecule has 0 spiro atoms. The molecule has 4 rings (SSSR count). The minimum absolute atomic E-state index is 0.0441. The Hall–Kier alpha value is -3.39. The number of hydrogen-bond acceptors (Lipinski definition) is 8. The molecule has 0 bridgehead atoms. The molecular formula is C20H23N7O3. The molecule has 0 radical (unpaired) electrons. The Labute approximate surface area is 172 Å². The Bertz CT molecular complexity index is 1170. The second-order valence-corrected chi connectivity index (χ2v) is 6.92. The maximum atomic E-state index is 13.3. The summed E-state index contributed by atoms with van der Waals surface area (Å²) >= 11 is 0. The van der Waals surface area contributed by atoms with E-state index < -0.39 is 0 Å². The summed E-state index contributed by atoms with van der Waals surface area (Å²) < 4.78 is 3.14. The highest BCUT2D eigenvalue weighted by molar-refractivity contribution is 5.77. The number of anilines is 2. The Morgan fingerprint density at radius 1 is 1.23 bits per heavy atom. The van der Waals surface area contributed by atoms with Crippen molar-refractivity contribution in [2.45, 2.75) is 20.0 Å². The minimum atomic E-state index is -0.309. The van der Waals surface area contributed by atoms with Gasteiger partial charge in [0.25, 0.3) is 5.56 Å². The molecule has 156 valence electrons. The lowest BCUT2D eigenvalue weighted by Gasteiger charge is -2.28. The molecule has 0 unspecified atom stereocenters. The van der Waals surface area contributed by atoms with Gasteiger partial charge in [-0.15, -0.1) is 11.1 Å². The summed E-state index contributed by atoms with van der Waals surface area (Å²) in [4.78, 5) is 20.1. The van der Waals surface area contributed by atoms with Crippen LogP contribution < -0.4 is 21.0 Å². The Morgan fingerprint density at radius 2 is 2.00 bits per heavy atom. The lowest BCUT2D eigenvalue weighted by molar-refractivity contribution is 0.0286. The van der Waals surface area contributed by atoms with E-state index in [0.29, 0.717) is 29.1 Å². The number of imidazole rings is 1. The zero-order chi connectivity index (χ0) is 21.1. The number of benzene rings is 1. The largest absolute Gasteiger partial charge is 0.340 e. The molecule has 1 fully saturated rings. The topological polar surface area (TPSA) is 112 Å². The summed E-state index contributed by atoms with van der Waals surface area (Å²) in [6, 6.07) is 6.69. The quantitative estimate of drug-likeness (QED) is 0.416. The van der Waals surface area contributed by atoms with E-state index in [1.54, 1.807) is 37.4 Å². The van der Waals surface area contributed by atoms with Crippen molar-refractivity contribution in [3.63, 3.8) is 0 Å². The van der Waals surface area contributed by atoms with Gasteiger partial charge in [0.2, 0.25) is 5.95 Å². The summed E-state index contributed by atoms with van der Waals surface area (Å²) in [6.45, 7) is 5.47. The predicted octanol–water partition coefficient (Wildman–Crippen LogP) is 0.659.